The molecule has 2 N–H and O–H groups in total. The lowest BCUT2D eigenvalue weighted by Gasteiger charge is -2.29. The van der Waals surface area contributed by atoms with Crippen LogP contribution in [-0.2, 0) is 14.3 Å². The second-order valence-electron chi connectivity index (χ2n) is 7.97. The molecule has 2 aromatic rings. The van der Waals surface area contributed by atoms with Crippen molar-refractivity contribution in [2.75, 3.05) is 19.8 Å². The third kappa shape index (κ3) is 4.92. The molecule has 0 unspecified atom stereocenters. The van der Waals surface area contributed by atoms with Gasteiger partial charge in [0.2, 0.25) is 0 Å². The van der Waals surface area contributed by atoms with Crippen LogP contribution in [-0.4, -0.2) is 53.3 Å². The molecule has 0 atom stereocenters. The predicted molar refractivity (Wildman–Crippen MR) is 127 cm³/mol. The van der Waals surface area contributed by atoms with Gasteiger partial charge in [0, 0.05) is 30.0 Å². The molecule has 8 nitrogen and oxygen atoms in total. The van der Waals surface area contributed by atoms with E-state index in [9.17, 15) is 14.4 Å². The van der Waals surface area contributed by atoms with E-state index in [-0.39, 0.29) is 43.0 Å². The van der Waals surface area contributed by atoms with E-state index in [1.54, 1.807) is 38.1 Å². The van der Waals surface area contributed by atoms with Crippen LogP contribution in [0.1, 0.15) is 48.9 Å². The molecular formula is C26H28N2O6. The molecule has 0 spiro atoms. The Kier molecular flexibility index (Phi) is 7.63. The molecule has 1 aromatic carbocycles. The average molecular weight is 465 g/mol. The SMILES string of the molecule is CCOC(=O)c1cc(-c2ccc(/C=C3\C(=O)N(CCCO)C(=O)C(C(C)=N)=C3C)o2)ccc1C. The fourth-order valence-corrected chi connectivity index (χ4v) is 3.80. The van der Waals surface area contributed by atoms with Gasteiger partial charge in [-0.1, -0.05) is 12.1 Å². The van der Waals surface area contributed by atoms with Crippen LogP contribution in [0.2, 0.25) is 0 Å². The summed E-state index contributed by atoms with van der Waals surface area (Å²) < 4.78 is 11.1. The number of nitrogens with one attached hydrogen (secondary N) is 1. The number of benzene rings is 1. The standard InChI is InChI=1S/C26H28N2O6/c1-5-33-26(32)20-13-18(8-7-15(20)2)22-10-9-19(34-22)14-21-16(3)23(17(4)27)25(31)28(24(21)30)11-6-12-29/h7-10,13-14,27,29H,5-6,11-12H2,1-4H3/b21-14-,27-17?. The summed E-state index contributed by atoms with van der Waals surface area (Å²) in [6, 6.07) is 8.76. The molecule has 178 valence electrons. The van der Waals surface area contributed by atoms with Crippen molar-refractivity contribution in [1.82, 2.24) is 4.90 Å². The smallest absolute Gasteiger partial charge is 0.338 e. The third-order valence-corrected chi connectivity index (χ3v) is 5.56. The molecule has 3 rings (SSSR count). The Labute approximate surface area is 198 Å². The molecule has 0 saturated heterocycles. The highest BCUT2D eigenvalue weighted by atomic mass is 16.5. The topological polar surface area (TPSA) is 121 Å². The molecule has 1 aromatic heterocycles. The van der Waals surface area contributed by atoms with E-state index in [0.29, 0.717) is 28.2 Å². The zero-order valence-corrected chi connectivity index (χ0v) is 19.7. The van der Waals surface area contributed by atoms with Gasteiger partial charge in [0.1, 0.15) is 11.5 Å². The zero-order chi connectivity index (χ0) is 25.0. The summed E-state index contributed by atoms with van der Waals surface area (Å²) in [6.07, 6.45) is 1.79. The zero-order valence-electron chi connectivity index (χ0n) is 19.7. The molecule has 0 fully saturated rings. The maximum absolute atomic E-state index is 13.1. The number of furan rings is 1. The number of imide groups is 1. The Morgan fingerprint density at radius 2 is 1.91 bits per heavy atom. The van der Waals surface area contributed by atoms with Crippen LogP contribution < -0.4 is 0 Å². The van der Waals surface area contributed by atoms with Crippen molar-refractivity contribution in [1.29, 1.82) is 5.41 Å². The first kappa shape index (κ1) is 24.9. The summed E-state index contributed by atoms with van der Waals surface area (Å²) in [5.41, 5.74) is 2.77. The number of esters is 1. The normalized spacial score (nSPS) is 15.3. The van der Waals surface area contributed by atoms with Gasteiger partial charge < -0.3 is 19.7 Å². The highest BCUT2D eigenvalue weighted by molar-refractivity contribution is 6.29. The van der Waals surface area contributed by atoms with Crippen molar-refractivity contribution in [2.45, 2.75) is 34.1 Å². The number of carbonyl (C=O) groups is 3. The van der Waals surface area contributed by atoms with Crippen molar-refractivity contribution < 1.29 is 28.6 Å². The number of hydrogen-bond acceptors (Lipinski definition) is 7. The largest absolute Gasteiger partial charge is 0.462 e. The van der Waals surface area contributed by atoms with Gasteiger partial charge in [-0.2, -0.15) is 0 Å². The third-order valence-electron chi connectivity index (χ3n) is 5.56. The van der Waals surface area contributed by atoms with Gasteiger partial charge in [-0.05, 0) is 69.5 Å². The molecule has 0 saturated carbocycles. The fraction of sp³-hybridized carbons (Fsp3) is 0.308. The van der Waals surface area contributed by atoms with Crippen molar-refractivity contribution in [3.8, 4) is 11.3 Å². The van der Waals surface area contributed by atoms with Gasteiger partial charge in [-0.15, -0.1) is 0 Å². The number of nitrogens with zero attached hydrogens (tertiary/aromatic N) is 1. The molecule has 2 amide bonds. The molecular weight excluding hydrogens is 436 g/mol. The predicted octanol–water partition coefficient (Wildman–Crippen LogP) is 3.92. The second-order valence-corrected chi connectivity index (χ2v) is 7.97. The number of carbonyl (C=O) groups excluding carboxylic acids is 3. The summed E-state index contributed by atoms with van der Waals surface area (Å²) in [6.45, 7) is 6.87. The molecule has 0 aliphatic carbocycles. The first-order valence-corrected chi connectivity index (χ1v) is 11.0. The van der Waals surface area contributed by atoms with Gasteiger partial charge >= 0.3 is 5.97 Å². The molecule has 0 radical (unpaired) electrons. The molecule has 2 heterocycles. The molecule has 1 aliphatic rings. The van der Waals surface area contributed by atoms with Crippen molar-refractivity contribution in [3.05, 3.63) is 63.9 Å². The monoisotopic (exact) mass is 464 g/mol. The van der Waals surface area contributed by atoms with Crippen LogP contribution in [0.3, 0.4) is 0 Å². The lowest BCUT2D eigenvalue weighted by Crippen LogP contribution is -2.44. The summed E-state index contributed by atoms with van der Waals surface area (Å²) in [4.78, 5) is 39.1. The van der Waals surface area contributed by atoms with Crippen LogP contribution in [0.4, 0.5) is 0 Å². The summed E-state index contributed by atoms with van der Waals surface area (Å²) >= 11 is 0. The number of hydrogen-bond donors (Lipinski definition) is 2. The Hall–Kier alpha value is -3.78. The van der Waals surface area contributed by atoms with Crippen LogP contribution in [0.25, 0.3) is 17.4 Å². The van der Waals surface area contributed by atoms with Crippen molar-refractivity contribution in [3.63, 3.8) is 0 Å². The van der Waals surface area contributed by atoms with Crippen LogP contribution >= 0.6 is 0 Å². The van der Waals surface area contributed by atoms with E-state index >= 15 is 0 Å². The minimum atomic E-state index is -0.535. The van der Waals surface area contributed by atoms with E-state index < -0.39 is 17.8 Å². The minimum absolute atomic E-state index is 0.0545. The van der Waals surface area contributed by atoms with Crippen LogP contribution in [0.5, 0.6) is 0 Å². The van der Waals surface area contributed by atoms with Crippen molar-refractivity contribution >= 4 is 29.6 Å². The maximum atomic E-state index is 13.1. The first-order chi connectivity index (χ1) is 16.2. The van der Waals surface area contributed by atoms with Gasteiger partial charge in [-0.3, -0.25) is 14.5 Å². The second kappa shape index (κ2) is 10.4. The van der Waals surface area contributed by atoms with Crippen LogP contribution in [0, 0.1) is 12.3 Å². The number of aliphatic hydroxyl groups is 1. The Balaban J connectivity index is 2.01. The van der Waals surface area contributed by atoms with Gasteiger partial charge in [0.15, 0.2) is 0 Å². The summed E-state index contributed by atoms with van der Waals surface area (Å²) in [5, 5.41) is 17.2. The molecule has 0 bridgehead atoms. The van der Waals surface area contributed by atoms with E-state index in [0.717, 1.165) is 10.5 Å². The van der Waals surface area contributed by atoms with E-state index in [1.807, 2.05) is 19.1 Å². The maximum Gasteiger partial charge on any atom is 0.338 e. The van der Waals surface area contributed by atoms with Gasteiger partial charge in [-0.25, -0.2) is 4.79 Å². The quantitative estimate of drug-likeness (QED) is 0.264. The van der Waals surface area contributed by atoms with Crippen molar-refractivity contribution in [2.24, 2.45) is 0 Å². The Morgan fingerprint density at radius 3 is 2.56 bits per heavy atom. The Bertz CT molecular complexity index is 1220. The minimum Gasteiger partial charge on any atom is -0.462 e. The number of aliphatic hydroxyl groups excluding tert-OH is 1. The molecule has 34 heavy (non-hydrogen) atoms. The lowest BCUT2D eigenvalue weighted by atomic mass is 9.91. The van der Waals surface area contributed by atoms with E-state index in [1.165, 1.54) is 6.92 Å². The summed E-state index contributed by atoms with van der Waals surface area (Å²) in [5.74, 6) is -0.564. The van der Waals surface area contributed by atoms with Crippen LogP contribution in [0.15, 0.2) is 51.5 Å². The molecule has 8 heteroatoms. The van der Waals surface area contributed by atoms with Gasteiger partial charge in [0.05, 0.1) is 17.7 Å². The number of amides is 2. The highest BCUT2D eigenvalue weighted by Gasteiger charge is 2.35. The van der Waals surface area contributed by atoms with E-state index in [4.69, 9.17) is 19.7 Å². The lowest BCUT2D eigenvalue weighted by molar-refractivity contribution is -0.140. The molecule has 1 aliphatic heterocycles. The van der Waals surface area contributed by atoms with Gasteiger partial charge in [0.25, 0.3) is 11.8 Å². The fourth-order valence-electron chi connectivity index (χ4n) is 3.80. The first-order valence-electron chi connectivity index (χ1n) is 11.0. The summed E-state index contributed by atoms with van der Waals surface area (Å²) in [7, 11) is 0. The van der Waals surface area contributed by atoms with E-state index in [2.05, 4.69) is 0 Å². The Morgan fingerprint density at radius 1 is 1.18 bits per heavy atom. The highest BCUT2D eigenvalue weighted by Crippen LogP contribution is 2.30. The number of ether oxygens (including phenoxy) is 1. The number of aryl methyl sites for hydroxylation is 1. The average Bonchev–Trinajstić information content (AvgIpc) is 3.25. The number of rotatable bonds is 8.